The number of rotatable bonds is 2. The molecule has 5 rings (SSSR count). The molecule has 4 nitrogen and oxygen atoms in total. The van der Waals surface area contributed by atoms with Gasteiger partial charge >= 0.3 is 5.63 Å². The zero-order valence-corrected chi connectivity index (χ0v) is 15.9. The first kappa shape index (κ1) is 17.8. The summed E-state index contributed by atoms with van der Waals surface area (Å²) in [6.45, 7) is 0.672. The fraction of sp³-hybridized carbons (Fsp3) is 0.0870. The maximum atomic E-state index is 13.3. The molecule has 0 bridgehead atoms. The Labute approximate surface area is 170 Å². The van der Waals surface area contributed by atoms with Crippen molar-refractivity contribution in [3.05, 3.63) is 93.6 Å². The molecule has 0 radical (unpaired) electrons. The van der Waals surface area contributed by atoms with Gasteiger partial charge in [-0.15, -0.1) is 0 Å². The highest BCUT2D eigenvalue weighted by Gasteiger charge is 2.25. The van der Waals surface area contributed by atoms with Crippen LogP contribution in [-0.4, -0.2) is 6.73 Å². The van der Waals surface area contributed by atoms with E-state index in [0.29, 0.717) is 28.5 Å². The van der Waals surface area contributed by atoms with Crippen LogP contribution in [0.3, 0.4) is 0 Å². The van der Waals surface area contributed by atoms with Crippen molar-refractivity contribution >= 4 is 28.3 Å². The molecule has 3 aromatic carbocycles. The molecule has 0 amide bonds. The van der Waals surface area contributed by atoms with E-state index in [1.165, 1.54) is 18.2 Å². The minimum Gasteiger partial charge on any atom is -0.471 e. The van der Waals surface area contributed by atoms with Crippen molar-refractivity contribution in [3.63, 3.8) is 0 Å². The normalized spacial score (nSPS) is 13.2. The van der Waals surface area contributed by atoms with Gasteiger partial charge in [0, 0.05) is 17.1 Å². The maximum Gasteiger partial charge on any atom is 0.336 e. The van der Waals surface area contributed by atoms with Crippen molar-refractivity contribution in [1.29, 1.82) is 0 Å². The number of anilines is 1. The molecule has 0 fully saturated rings. The summed E-state index contributed by atoms with van der Waals surface area (Å²) < 4.78 is 24.8. The van der Waals surface area contributed by atoms with Gasteiger partial charge in [-0.05, 0) is 41.5 Å². The van der Waals surface area contributed by atoms with Crippen LogP contribution in [0.1, 0.15) is 5.56 Å². The van der Waals surface area contributed by atoms with Crippen LogP contribution in [0.15, 0.2) is 75.9 Å². The van der Waals surface area contributed by atoms with E-state index in [1.54, 1.807) is 18.2 Å². The average molecular weight is 408 g/mol. The molecule has 1 aliphatic heterocycles. The molecule has 0 aliphatic carbocycles. The number of ether oxygens (including phenoxy) is 1. The summed E-state index contributed by atoms with van der Waals surface area (Å²) in [5, 5.41) is 1.20. The largest absolute Gasteiger partial charge is 0.471 e. The summed E-state index contributed by atoms with van der Waals surface area (Å²) in [5.41, 5.74) is 3.14. The Balaban J connectivity index is 1.70. The van der Waals surface area contributed by atoms with E-state index in [0.717, 1.165) is 22.2 Å². The summed E-state index contributed by atoms with van der Waals surface area (Å²) in [4.78, 5) is 14.3. The molecule has 0 unspecified atom stereocenters. The van der Waals surface area contributed by atoms with Gasteiger partial charge in [-0.3, -0.25) is 0 Å². The van der Waals surface area contributed by atoms with Crippen molar-refractivity contribution in [1.82, 2.24) is 0 Å². The minimum absolute atomic E-state index is 0.256. The average Bonchev–Trinajstić information content (AvgIpc) is 2.75. The van der Waals surface area contributed by atoms with E-state index >= 15 is 0 Å². The lowest BCUT2D eigenvalue weighted by Gasteiger charge is -2.31. The highest BCUT2D eigenvalue weighted by atomic mass is 35.5. The lowest BCUT2D eigenvalue weighted by molar-refractivity contribution is 0.289. The molecule has 6 heteroatoms. The molecule has 0 saturated heterocycles. The lowest BCUT2D eigenvalue weighted by atomic mass is 9.99. The first-order valence-electron chi connectivity index (χ1n) is 9.08. The topological polar surface area (TPSA) is 42.7 Å². The van der Waals surface area contributed by atoms with Crippen LogP contribution >= 0.6 is 11.6 Å². The predicted octanol–water partition coefficient (Wildman–Crippen LogP) is 5.61. The Morgan fingerprint density at radius 3 is 2.52 bits per heavy atom. The first-order chi connectivity index (χ1) is 14.1. The smallest absolute Gasteiger partial charge is 0.336 e. The van der Waals surface area contributed by atoms with Crippen LogP contribution in [0.4, 0.5) is 10.1 Å². The van der Waals surface area contributed by atoms with E-state index in [4.69, 9.17) is 20.8 Å². The van der Waals surface area contributed by atoms with Gasteiger partial charge in [0.15, 0.2) is 6.73 Å². The summed E-state index contributed by atoms with van der Waals surface area (Å²) in [5.74, 6) is 0.199. The van der Waals surface area contributed by atoms with Crippen LogP contribution in [0.5, 0.6) is 5.75 Å². The second kappa shape index (κ2) is 6.94. The highest BCUT2D eigenvalue weighted by molar-refractivity contribution is 6.33. The second-order valence-electron chi connectivity index (χ2n) is 6.84. The monoisotopic (exact) mass is 407 g/mol. The standard InChI is InChI=1S/C23H15ClFNO3/c24-20-10-18-17(14-4-2-1-3-5-14)11-21(27)29-22(18)19-12-26(13-28-23(19)20)16-8-6-15(25)7-9-16/h1-11H,12-13H2. The van der Waals surface area contributed by atoms with Crippen LogP contribution in [0.25, 0.3) is 22.1 Å². The van der Waals surface area contributed by atoms with Crippen LogP contribution in [0.2, 0.25) is 5.02 Å². The van der Waals surface area contributed by atoms with Gasteiger partial charge in [0.05, 0.1) is 17.1 Å². The zero-order valence-electron chi connectivity index (χ0n) is 15.2. The number of benzene rings is 3. The van der Waals surface area contributed by atoms with Gasteiger partial charge in [-0.25, -0.2) is 9.18 Å². The molecule has 29 heavy (non-hydrogen) atoms. The van der Waals surface area contributed by atoms with Gasteiger partial charge < -0.3 is 14.1 Å². The molecule has 2 heterocycles. The van der Waals surface area contributed by atoms with Crippen LogP contribution in [0, 0.1) is 5.82 Å². The van der Waals surface area contributed by atoms with Crippen LogP contribution in [-0.2, 0) is 6.54 Å². The molecule has 144 valence electrons. The molecular formula is C23H15ClFNO3. The Bertz CT molecular complexity index is 1270. The van der Waals surface area contributed by atoms with E-state index in [9.17, 15) is 9.18 Å². The third kappa shape index (κ3) is 3.13. The summed E-state index contributed by atoms with van der Waals surface area (Å²) in [6.07, 6.45) is 0. The zero-order chi connectivity index (χ0) is 20.0. The highest BCUT2D eigenvalue weighted by Crippen LogP contribution is 2.41. The molecule has 4 aromatic rings. The van der Waals surface area contributed by atoms with Gasteiger partial charge in [0.2, 0.25) is 0 Å². The van der Waals surface area contributed by atoms with Crippen molar-refractivity contribution in [2.45, 2.75) is 6.54 Å². The fourth-order valence-electron chi connectivity index (χ4n) is 3.66. The maximum absolute atomic E-state index is 13.3. The molecule has 0 spiro atoms. The van der Waals surface area contributed by atoms with Crippen molar-refractivity contribution in [2.24, 2.45) is 0 Å². The van der Waals surface area contributed by atoms with Crippen molar-refractivity contribution in [2.75, 3.05) is 11.6 Å². The molecule has 1 aliphatic rings. The number of halogens is 2. The number of fused-ring (bicyclic) bond motifs is 3. The van der Waals surface area contributed by atoms with Crippen molar-refractivity contribution in [3.8, 4) is 16.9 Å². The molecule has 0 N–H and O–H groups in total. The third-order valence-electron chi connectivity index (χ3n) is 5.03. The molecule has 0 atom stereocenters. The van der Waals surface area contributed by atoms with Gasteiger partial charge in [0.25, 0.3) is 0 Å². The van der Waals surface area contributed by atoms with E-state index in [2.05, 4.69) is 0 Å². The second-order valence-corrected chi connectivity index (χ2v) is 7.24. The fourth-order valence-corrected chi connectivity index (χ4v) is 3.94. The van der Waals surface area contributed by atoms with E-state index in [-0.39, 0.29) is 12.5 Å². The first-order valence-corrected chi connectivity index (χ1v) is 9.46. The predicted molar refractivity (Wildman–Crippen MR) is 111 cm³/mol. The van der Waals surface area contributed by atoms with Gasteiger partial charge in [0.1, 0.15) is 17.1 Å². The summed E-state index contributed by atoms with van der Waals surface area (Å²) in [6, 6.07) is 19.0. The van der Waals surface area contributed by atoms with E-state index < -0.39 is 5.63 Å². The third-order valence-corrected chi connectivity index (χ3v) is 5.31. The minimum atomic E-state index is -0.445. The number of hydrogen-bond donors (Lipinski definition) is 0. The van der Waals surface area contributed by atoms with Crippen molar-refractivity contribution < 1.29 is 13.5 Å². The Hall–Kier alpha value is -3.31. The molecular weight excluding hydrogens is 393 g/mol. The SMILES string of the molecule is O=c1cc(-c2ccccc2)c2cc(Cl)c3c(c2o1)CN(c1ccc(F)cc1)CO3. The molecule has 1 aromatic heterocycles. The quantitative estimate of drug-likeness (QED) is 0.405. The van der Waals surface area contributed by atoms with E-state index in [1.807, 2.05) is 35.2 Å². The number of nitrogens with zero attached hydrogens (tertiary/aromatic N) is 1. The number of hydrogen-bond acceptors (Lipinski definition) is 4. The Morgan fingerprint density at radius 2 is 1.76 bits per heavy atom. The van der Waals surface area contributed by atoms with Gasteiger partial charge in [-0.2, -0.15) is 0 Å². The van der Waals surface area contributed by atoms with Gasteiger partial charge in [-0.1, -0.05) is 41.9 Å². The lowest BCUT2D eigenvalue weighted by Crippen LogP contribution is -2.32. The Morgan fingerprint density at radius 1 is 1.00 bits per heavy atom. The molecule has 0 saturated carbocycles. The summed E-state index contributed by atoms with van der Waals surface area (Å²) in [7, 11) is 0. The van der Waals surface area contributed by atoms with Crippen LogP contribution < -0.4 is 15.3 Å². The Kier molecular flexibility index (Phi) is 4.25. The summed E-state index contributed by atoms with van der Waals surface area (Å²) >= 11 is 6.52.